The van der Waals surface area contributed by atoms with Crippen LogP contribution >= 0.6 is 15.9 Å². The summed E-state index contributed by atoms with van der Waals surface area (Å²) >= 11 is 2.60. The molecule has 1 atom stereocenters. The summed E-state index contributed by atoms with van der Waals surface area (Å²) in [5, 5.41) is -0.854. The minimum Gasteiger partial charge on any atom is -0.235 e. The van der Waals surface area contributed by atoms with Crippen molar-refractivity contribution in [3.8, 4) is 0 Å². The number of rotatable bonds is 0. The quantitative estimate of drug-likeness (QED) is 0.434. The van der Waals surface area contributed by atoms with E-state index in [9.17, 15) is 4.39 Å². The Labute approximate surface area is 33.1 Å². The largest absolute Gasteiger partial charge is 0.235 e. The van der Waals surface area contributed by atoms with Gasteiger partial charge in [0.1, 0.15) is 0 Å². The Balaban J connectivity index is 2.32. The van der Waals surface area contributed by atoms with E-state index in [0.29, 0.717) is 0 Å². The highest BCUT2D eigenvalue weighted by atomic mass is 79.9. The van der Waals surface area contributed by atoms with Gasteiger partial charge in [-0.15, -0.1) is 0 Å². The molecule has 0 saturated carbocycles. The van der Waals surface area contributed by atoms with Crippen LogP contribution in [-0.2, 0) is 0 Å². The van der Waals surface area contributed by atoms with Crippen molar-refractivity contribution >= 4 is 15.9 Å². The molecule has 0 aliphatic heterocycles. The summed E-state index contributed by atoms with van der Waals surface area (Å²) in [4.78, 5) is 0. The molecule has 0 saturated heterocycles. The highest BCUT2D eigenvalue weighted by molar-refractivity contribution is 9.09. The zero-order valence-corrected chi connectivity index (χ0v) is 3.92. The maximum absolute atomic E-state index is 10.9. The third-order valence-corrected chi connectivity index (χ3v) is 0. The maximum Gasteiger partial charge on any atom is 0.152 e. The summed E-state index contributed by atoms with van der Waals surface area (Å²) in [5.41, 5.74) is 0. The van der Waals surface area contributed by atoms with E-state index in [4.69, 9.17) is 0 Å². The summed E-state index contributed by atoms with van der Waals surface area (Å²) in [5.74, 6) is 0. The molecule has 0 radical (unpaired) electrons. The molecule has 0 aromatic heterocycles. The monoisotopic (exact) mass is 126 g/mol. The Bertz CT molecular complexity index is 10.8. The smallest absolute Gasteiger partial charge is 0.152 e. The normalized spacial score (nSPS) is 15.8. The molecule has 0 unspecified atom stereocenters. The molecule has 0 amide bonds. The minimum absolute atomic E-state index is 0.854. The predicted octanol–water partition coefficient (Wildman–Crippen LogP) is 1.70. The van der Waals surface area contributed by atoms with Gasteiger partial charge >= 0.3 is 0 Å². The molecular formula is C2H4BrF. The van der Waals surface area contributed by atoms with E-state index in [1.54, 1.807) is 0 Å². The average molecular weight is 127 g/mol. The van der Waals surface area contributed by atoms with Gasteiger partial charge in [0, 0.05) is 0 Å². The molecule has 0 aliphatic rings. The highest BCUT2D eigenvalue weighted by Gasteiger charge is 1.76. The lowest BCUT2D eigenvalue weighted by molar-refractivity contribution is 0.492. The molecular weight excluding hydrogens is 123 g/mol. The SMILES string of the molecule is C[C@H](F)Br. The second-order valence-electron chi connectivity index (χ2n) is 0.519. The van der Waals surface area contributed by atoms with Gasteiger partial charge in [-0.05, 0) is 6.92 Å². The molecule has 0 fully saturated rings. The van der Waals surface area contributed by atoms with Crippen molar-refractivity contribution in [2.75, 3.05) is 0 Å². The van der Waals surface area contributed by atoms with Crippen LogP contribution in [-0.4, -0.2) is 5.08 Å². The molecule has 0 heterocycles. The van der Waals surface area contributed by atoms with Gasteiger partial charge < -0.3 is 0 Å². The average Bonchev–Trinajstić information content (AvgIpc) is 0.811. The van der Waals surface area contributed by atoms with Crippen LogP contribution < -0.4 is 0 Å². The Morgan fingerprint density at radius 2 is 2.00 bits per heavy atom. The molecule has 26 valence electrons. The Hall–Kier alpha value is 0.410. The fourth-order valence-electron chi connectivity index (χ4n) is 0. The fourth-order valence-corrected chi connectivity index (χ4v) is 0. The van der Waals surface area contributed by atoms with Crippen LogP contribution in [0.3, 0.4) is 0 Å². The van der Waals surface area contributed by atoms with E-state index in [2.05, 4.69) is 15.9 Å². The van der Waals surface area contributed by atoms with Crippen molar-refractivity contribution in [1.82, 2.24) is 0 Å². The zero-order valence-electron chi connectivity index (χ0n) is 2.33. The number of hydrogen-bond donors (Lipinski definition) is 0. The minimum atomic E-state index is -0.854. The van der Waals surface area contributed by atoms with Gasteiger partial charge in [0.05, 0.1) is 0 Å². The fraction of sp³-hybridized carbons (Fsp3) is 1.00. The topological polar surface area (TPSA) is 0 Å². The van der Waals surface area contributed by atoms with Crippen LogP contribution in [0.5, 0.6) is 0 Å². The molecule has 2 heteroatoms. The lowest BCUT2D eigenvalue weighted by Crippen LogP contribution is -1.65. The number of hydrogen-bond acceptors (Lipinski definition) is 0. The predicted molar refractivity (Wildman–Crippen MR) is 19.5 cm³/mol. The van der Waals surface area contributed by atoms with Crippen LogP contribution in [0.2, 0.25) is 0 Å². The first-order chi connectivity index (χ1) is 1.73. The highest BCUT2D eigenvalue weighted by Crippen LogP contribution is 1.93. The first-order valence-electron chi connectivity index (χ1n) is 1.01. The van der Waals surface area contributed by atoms with E-state index in [1.807, 2.05) is 0 Å². The van der Waals surface area contributed by atoms with Crippen molar-refractivity contribution in [2.24, 2.45) is 0 Å². The number of alkyl halides is 2. The lowest BCUT2D eigenvalue weighted by atomic mass is 10.9. The first kappa shape index (κ1) is 4.41. The van der Waals surface area contributed by atoms with Gasteiger partial charge in [-0.1, -0.05) is 15.9 Å². The van der Waals surface area contributed by atoms with Crippen LogP contribution in [0.15, 0.2) is 0 Å². The second kappa shape index (κ2) is 1.70. The van der Waals surface area contributed by atoms with E-state index in [-0.39, 0.29) is 0 Å². The van der Waals surface area contributed by atoms with Crippen LogP contribution in [0, 0.1) is 0 Å². The van der Waals surface area contributed by atoms with Gasteiger partial charge in [0.25, 0.3) is 0 Å². The molecule has 0 N–H and O–H groups in total. The maximum atomic E-state index is 10.9. The summed E-state index contributed by atoms with van der Waals surface area (Å²) in [6.07, 6.45) is 0. The Kier molecular flexibility index (Phi) is 1.88. The van der Waals surface area contributed by atoms with Crippen molar-refractivity contribution in [2.45, 2.75) is 12.0 Å². The van der Waals surface area contributed by atoms with Crippen molar-refractivity contribution in [3.63, 3.8) is 0 Å². The Morgan fingerprint density at radius 1 is 2.00 bits per heavy atom. The van der Waals surface area contributed by atoms with Gasteiger partial charge in [-0.2, -0.15) is 0 Å². The first-order valence-corrected chi connectivity index (χ1v) is 1.93. The van der Waals surface area contributed by atoms with Crippen LogP contribution in [0.25, 0.3) is 0 Å². The van der Waals surface area contributed by atoms with Crippen molar-refractivity contribution in [3.05, 3.63) is 0 Å². The zero-order chi connectivity index (χ0) is 3.58. The summed E-state index contributed by atoms with van der Waals surface area (Å²) in [7, 11) is 0. The van der Waals surface area contributed by atoms with Crippen LogP contribution in [0.1, 0.15) is 6.92 Å². The van der Waals surface area contributed by atoms with Crippen molar-refractivity contribution in [1.29, 1.82) is 0 Å². The van der Waals surface area contributed by atoms with Gasteiger partial charge in [-0.3, -0.25) is 0 Å². The molecule has 0 spiro atoms. The molecule has 0 rings (SSSR count). The Morgan fingerprint density at radius 3 is 2.00 bits per heavy atom. The lowest BCUT2D eigenvalue weighted by Gasteiger charge is -1.71. The van der Waals surface area contributed by atoms with E-state index >= 15 is 0 Å². The molecule has 4 heavy (non-hydrogen) atoms. The van der Waals surface area contributed by atoms with Crippen LogP contribution in [0.4, 0.5) is 4.39 Å². The molecule has 0 aromatic carbocycles. The van der Waals surface area contributed by atoms with Crippen molar-refractivity contribution < 1.29 is 4.39 Å². The van der Waals surface area contributed by atoms with E-state index < -0.39 is 5.08 Å². The summed E-state index contributed by atoms with van der Waals surface area (Å²) in [6, 6.07) is 0. The van der Waals surface area contributed by atoms with Gasteiger partial charge in [-0.25, -0.2) is 4.39 Å². The van der Waals surface area contributed by atoms with Gasteiger partial charge in [0.15, 0.2) is 5.08 Å². The van der Waals surface area contributed by atoms with Gasteiger partial charge in [0.2, 0.25) is 0 Å². The summed E-state index contributed by atoms with van der Waals surface area (Å²) < 4.78 is 10.9. The van der Waals surface area contributed by atoms with E-state index in [1.165, 1.54) is 6.92 Å². The molecule has 0 bridgehead atoms. The molecule has 0 nitrogen and oxygen atoms in total. The second-order valence-corrected chi connectivity index (χ2v) is 1.78. The summed E-state index contributed by atoms with van der Waals surface area (Å²) in [6.45, 7) is 1.42. The number of halogens is 2. The third kappa shape index (κ3) is 28.5. The molecule has 0 aliphatic carbocycles. The third-order valence-electron chi connectivity index (χ3n) is 0. The molecule has 0 aromatic rings. The van der Waals surface area contributed by atoms with E-state index in [0.717, 1.165) is 0 Å². The standard InChI is InChI=1S/C2H4BrF/c1-2(3)4/h2H,1H3/t2-/m0/s1.